The largest absolute Gasteiger partial charge is 0.489 e. The minimum atomic E-state index is -3.72. The predicted molar refractivity (Wildman–Crippen MR) is 121 cm³/mol. The Morgan fingerprint density at radius 3 is 2.58 bits per heavy atom. The summed E-state index contributed by atoms with van der Waals surface area (Å²) < 4.78 is 38.4. The van der Waals surface area contributed by atoms with E-state index in [0.29, 0.717) is 29.5 Å². The van der Waals surface area contributed by atoms with Crippen LogP contribution in [0.3, 0.4) is 0 Å². The smallest absolute Gasteiger partial charge is 0.248 e. The first-order valence-corrected chi connectivity index (χ1v) is 11.7. The van der Waals surface area contributed by atoms with Gasteiger partial charge in [-0.2, -0.15) is 4.31 Å². The van der Waals surface area contributed by atoms with Gasteiger partial charge < -0.3 is 14.8 Å². The third-order valence-electron chi connectivity index (χ3n) is 4.50. The number of benzene rings is 2. The zero-order chi connectivity index (χ0) is 22.4. The van der Waals surface area contributed by atoms with E-state index in [2.05, 4.69) is 5.32 Å². The fourth-order valence-electron chi connectivity index (χ4n) is 3.01. The predicted octanol–water partition coefficient (Wildman–Crippen LogP) is 3.80. The van der Waals surface area contributed by atoms with Gasteiger partial charge >= 0.3 is 0 Å². The van der Waals surface area contributed by atoms with Gasteiger partial charge in [-0.3, -0.25) is 4.79 Å². The number of halogens is 1. The van der Waals surface area contributed by atoms with Crippen LogP contribution in [0, 0.1) is 0 Å². The number of ether oxygens (including phenoxy) is 2. The standard InChI is InChI=1S/C22H25ClN2O5S/c1-16(2)30-21-9-8-18(31(27,28)25-11-13-29-14-12-25)15-20(21)24-22(26)10-7-17-5-3-4-6-19(17)23/h3-10,15-16H,11-14H2,1-2H3,(H,24,26)/b10-7+. The minimum Gasteiger partial charge on any atom is -0.489 e. The Bertz CT molecular complexity index is 1060. The van der Waals surface area contributed by atoms with Gasteiger partial charge in [0.05, 0.1) is 29.9 Å². The maximum atomic E-state index is 13.0. The highest BCUT2D eigenvalue weighted by Crippen LogP contribution is 2.30. The first kappa shape index (κ1) is 23.3. The molecule has 0 aliphatic carbocycles. The number of rotatable bonds is 7. The van der Waals surface area contributed by atoms with Crippen LogP contribution in [0.5, 0.6) is 5.75 Å². The van der Waals surface area contributed by atoms with E-state index in [1.54, 1.807) is 30.3 Å². The number of nitrogens with one attached hydrogen (secondary N) is 1. The van der Waals surface area contributed by atoms with Gasteiger partial charge in [0.1, 0.15) is 5.75 Å². The summed E-state index contributed by atoms with van der Waals surface area (Å²) >= 11 is 6.11. The number of nitrogens with zero attached hydrogens (tertiary/aromatic N) is 1. The van der Waals surface area contributed by atoms with Gasteiger partial charge in [0.15, 0.2) is 0 Å². The molecule has 1 aliphatic heterocycles. The number of anilines is 1. The zero-order valence-electron chi connectivity index (χ0n) is 17.4. The van der Waals surface area contributed by atoms with E-state index in [1.807, 2.05) is 19.9 Å². The summed E-state index contributed by atoms with van der Waals surface area (Å²) in [5.41, 5.74) is 0.971. The topological polar surface area (TPSA) is 84.9 Å². The van der Waals surface area contributed by atoms with Crippen LogP contribution >= 0.6 is 11.6 Å². The van der Waals surface area contributed by atoms with Gasteiger partial charge in [-0.1, -0.05) is 29.8 Å². The highest BCUT2D eigenvalue weighted by molar-refractivity contribution is 7.89. The van der Waals surface area contributed by atoms with E-state index in [0.717, 1.165) is 0 Å². The molecule has 3 rings (SSSR count). The fraction of sp³-hybridized carbons (Fsp3) is 0.318. The van der Waals surface area contributed by atoms with Crippen LogP contribution in [0.25, 0.3) is 6.08 Å². The number of carbonyl (C=O) groups is 1. The Balaban J connectivity index is 1.86. The lowest BCUT2D eigenvalue weighted by atomic mass is 10.2. The molecular weight excluding hydrogens is 440 g/mol. The fourth-order valence-corrected chi connectivity index (χ4v) is 4.64. The molecule has 31 heavy (non-hydrogen) atoms. The zero-order valence-corrected chi connectivity index (χ0v) is 18.9. The lowest BCUT2D eigenvalue weighted by Crippen LogP contribution is -2.40. The Hall–Kier alpha value is -2.39. The molecule has 0 unspecified atom stereocenters. The van der Waals surface area contributed by atoms with Gasteiger partial charge in [0.25, 0.3) is 0 Å². The molecule has 9 heteroatoms. The number of hydrogen-bond acceptors (Lipinski definition) is 5. The summed E-state index contributed by atoms with van der Waals surface area (Å²) in [4.78, 5) is 12.6. The van der Waals surface area contributed by atoms with Crippen LogP contribution < -0.4 is 10.1 Å². The molecular formula is C22H25ClN2O5S. The molecule has 2 aromatic rings. The van der Waals surface area contributed by atoms with Crippen LogP contribution in [0.4, 0.5) is 5.69 Å². The number of carbonyl (C=O) groups excluding carboxylic acids is 1. The lowest BCUT2D eigenvalue weighted by Gasteiger charge is -2.26. The second-order valence-electron chi connectivity index (χ2n) is 7.19. The maximum Gasteiger partial charge on any atom is 0.248 e. The molecule has 1 saturated heterocycles. The Kier molecular flexibility index (Phi) is 7.72. The first-order valence-electron chi connectivity index (χ1n) is 9.89. The van der Waals surface area contributed by atoms with Crippen molar-refractivity contribution in [3.8, 4) is 5.75 Å². The van der Waals surface area contributed by atoms with Crippen molar-refractivity contribution in [1.82, 2.24) is 4.31 Å². The molecule has 0 atom stereocenters. The van der Waals surface area contributed by atoms with Crippen LogP contribution in [0.15, 0.2) is 53.4 Å². The highest BCUT2D eigenvalue weighted by atomic mass is 35.5. The van der Waals surface area contributed by atoms with E-state index < -0.39 is 15.9 Å². The van der Waals surface area contributed by atoms with Crippen molar-refractivity contribution in [3.63, 3.8) is 0 Å². The van der Waals surface area contributed by atoms with Crippen molar-refractivity contribution in [2.75, 3.05) is 31.6 Å². The average molecular weight is 465 g/mol. The summed E-state index contributed by atoms with van der Waals surface area (Å²) in [6, 6.07) is 11.6. The SMILES string of the molecule is CC(C)Oc1ccc(S(=O)(=O)N2CCOCC2)cc1NC(=O)/C=C/c1ccccc1Cl. The molecule has 0 bridgehead atoms. The van der Waals surface area contributed by atoms with Crippen molar-refractivity contribution < 1.29 is 22.7 Å². The van der Waals surface area contributed by atoms with Crippen molar-refractivity contribution in [2.45, 2.75) is 24.8 Å². The summed E-state index contributed by atoms with van der Waals surface area (Å²) in [6.45, 7) is 4.97. The Labute approximate surface area is 187 Å². The molecule has 166 valence electrons. The molecule has 1 fully saturated rings. The van der Waals surface area contributed by atoms with Crippen LogP contribution in [0.2, 0.25) is 5.02 Å². The molecule has 0 radical (unpaired) electrons. The van der Waals surface area contributed by atoms with Crippen LogP contribution in [-0.2, 0) is 19.6 Å². The van der Waals surface area contributed by atoms with E-state index >= 15 is 0 Å². The molecule has 1 heterocycles. The highest BCUT2D eigenvalue weighted by Gasteiger charge is 2.27. The quantitative estimate of drug-likeness (QED) is 0.630. The molecule has 7 nitrogen and oxygen atoms in total. The van der Waals surface area contributed by atoms with E-state index in [-0.39, 0.29) is 29.8 Å². The first-order chi connectivity index (χ1) is 14.8. The van der Waals surface area contributed by atoms with Gasteiger partial charge in [-0.15, -0.1) is 0 Å². The van der Waals surface area contributed by atoms with Crippen molar-refractivity contribution >= 4 is 39.3 Å². The van der Waals surface area contributed by atoms with E-state index in [1.165, 1.54) is 22.5 Å². The number of morpholine rings is 1. The van der Waals surface area contributed by atoms with Gasteiger partial charge in [0.2, 0.25) is 15.9 Å². The number of amides is 1. The maximum absolute atomic E-state index is 13.0. The molecule has 0 aromatic heterocycles. The summed E-state index contributed by atoms with van der Waals surface area (Å²) in [6.07, 6.45) is 2.77. The summed E-state index contributed by atoms with van der Waals surface area (Å²) in [5, 5.41) is 3.24. The molecule has 1 amide bonds. The molecule has 1 aliphatic rings. The second kappa shape index (κ2) is 10.3. The third-order valence-corrected chi connectivity index (χ3v) is 6.74. The molecule has 0 spiro atoms. The Morgan fingerprint density at radius 1 is 1.19 bits per heavy atom. The van der Waals surface area contributed by atoms with Crippen molar-refractivity contribution in [3.05, 3.63) is 59.1 Å². The Morgan fingerprint density at radius 2 is 1.90 bits per heavy atom. The van der Waals surface area contributed by atoms with Gasteiger partial charge in [0, 0.05) is 24.2 Å². The van der Waals surface area contributed by atoms with E-state index in [4.69, 9.17) is 21.1 Å². The van der Waals surface area contributed by atoms with E-state index in [9.17, 15) is 13.2 Å². The van der Waals surface area contributed by atoms with Gasteiger partial charge in [-0.05, 0) is 49.8 Å². The second-order valence-corrected chi connectivity index (χ2v) is 9.53. The third kappa shape index (κ3) is 6.07. The molecule has 2 aromatic carbocycles. The normalized spacial score (nSPS) is 15.4. The van der Waals surface area contributed by atoms with Crippen LogP contribution in [-0.4, -0.2) is 51.0 Å². The van der Waals surface area contributed by atoms with Crippen molar-refractivity contribution in [2.24, 2.45) is 0 Å². The minimum absolute atomic E-state index is 0.0795. The summed E-state index contributed by atoms with van der Waals surface area (Å²) in [5.74, 6) is -0.0510. The van der Waals surface area contributed by atoms with Crippen LogP contribution in [0.1, 0.15) is 19.4 Å². The lowest BCUT2D eigenvalue weighted by molar-refractivity contribution is -0.111. The van der Waals surface area contributed by atoms with Crippen molar-refractivity contribution in [1.29, 1.82) is 0 Å². The number of hydrogen-bond donors (Lipinski definition) is 1. The molecule has 1 N–H and O–H groups in total. The average Bonchev–Trinajstić information content (AvgIpc) is 2.74. The monoisotopic (exact) mass is 464 g/mol. The van der Waals surface area contributed by atoms with Gasteiger partial charge in [-0.25, -0.2) is 8.42 Å². The number of sulfonamides is 1. The summed E-state index contributed by atoms with van der Waals surface area (Å²) in [7, 11) is -3.72. The molecule has 0 saturated carbocycles.